The number of nitrogens with zero attached hydrogens (tertiary/aromatic N) is 4. The molecule has 0 spiro atoms. The molecule has 0 bridgehead atoms. The highest BCUT2D eigenvalue weighted by molar-refractivity contribution is 5.86. The quantitative estimate of drug-likeness (QED) is 0.558. The monoisotopic (exact) mass is 306 g/mol. The van der Waals surface area contributed by atoms with Gasteiger partial charge in [0, 0.05) is 11.3 Å². The lowest BCUT2D eigenvalue weighted by Crippen LogP contribution is -2.18. The second-order valence-corrected chi connectivity index (χ2v) is 5.32. The zero-order chi connectivity index (χ0) is 16.0. The fourth-order valence-electron chi connectivity index (χ4n) is 2.79. The van der Waals surface area contributed by atoms with Gasteiger partial charge in [0.2, 0.25) is 11.7 Å². The molecule has 1 amide bonds. The lowest BCUT2D eigenvalue weighted by atomic mass is 10.2. The molecule has 4 N–H and O–H groups in total. The Bertz CT molecular complexity index is 1030. The molecule has 4 rings (SSSR count). The third-order valence-electron chi connectivity index (χ3n) is 3.78. The number of benzene rings is 2. The molecule has 2 heterocycles. The molecule has 0 radical (unpaired) electrons. The summed E-state index contributed by atoms with van der Waals surface area (Å²) in [6.45, 7) is 0.0525. The molecule has 7 nitrogen and oxygen atoms in total. The SMILES string of the molecule is NC(=O)Cn1c2ccccc2n2c(-c3ccc(N)cc3)nnc12. The smallest absolute Gasteiger partial charge is 0.237 e. The van der Waals surface area contributed by atoms with E-state index in [1.807, 2.05) is 52.9 Å². The predicted molar refractivity (Wildman–Crippen MR) is 87.5 cm³/mol. The van der Waals surface area contributed by atoms with Crippen molar-refractivity contribution in [3.05, 3.63) is 48.5 Å². The third-order valence-corrected chi connectivity index (χ3v) is 3.78. The van der Waals surface area contributed by atoms with Gasteiger partial charge in [0.05, 0.1) is 11.0 Å². The first-order valence-corrected chi connectivity index (χ1v) is 7.12. The number of amides is 1. The summed E-state index contributed by atoms with van der Waals surface area (Å²) >= 11 is 0. The van der Waals surface area contributed by atoms with Gasteiger partial charge in [0.1, 0.15) is 6.54 Å². The molecular formula is C16H14N6O. The minimum atomic E-state index is -0.426. The largest absolute Gasteiger partial charge is 0.399 e. The van der Waals surface area contributed by atoms with Crippen LogP contribution in [0.3, 0.4) is 0 Å². The van der Waals surface area contributed by atoms with Crippen LogP contribution in [-0.4, -0.2) is 25.1 Å². The van der Waals surface area contributed by atoms with Crippen LogP contribution in [0.25, 0.3) is 28.2 Å². The summed E-state index contributed by atoms with van der Waals surface area (Å²) in [5.74, 6) is 0.849. The van der Waals surface area contributed by atoms with Crippen LogP contribution in [0.5, 0.6) is 0 Å². The number of fused-ring (bicyclic) bond motifs is 3. The Morgan fingerprint density at radius 3 is 2.39 bits per heavy atom. The molecule has 7 heteroatoms. The highest BCUT2D eigenvalue weighted by Gasteiger charge is 2.18. The lowest BCUT2D eigenvalue weighted by Gasteiger charge is -2.00. The number of anilines is 1. The Labute approximate surface area is 131 Å². The van der Waals surface area contributed by atoms with E-state index in [9.17, 15) is 4.79 Å². The molecule has 114 valence electrons. The minimum Gasteiger partial charge on any atom is -0.399 e. The Kier molecular flexibility index (Phi) is 2.80. The van der Waals surface area contributed by atoms with Crippen molar-refractivity contribution >= 4 is 28.4 Å². The molecule has 0 atom stereocenters. The maximum absolute atomic E-state index is 11.4. The van der Waals surface area contributed by atoms with Gasteiger partial charge in [-0.3, -0.25) is 13.8 Å². The van der Waals surface area contributed by atoms with Gasteiger partial charge < -0.3 is 11.5 Å². The van der Waals surface area contributed by atoms with Crippen LogP contribution in [0.2, 0.25) is 0 Å². The summed E-state index contributed by atoms with van der Waals surface area (Å²) in [6, 6.07) is 15.2. The van der Waals surface area contributed by atoms with Gasteiger partial charge in [-0.1, -0.05) is 12.1 Å². The van der Waals surface area contributed by atoms with E-state index < -0.39 is 5.91 Å². The van der Waals surface area contributed by atoms with Crippen LogP contribution in [0.4, 0.5) is 5.69 Å². The number of aromatic nitrogens is 4. The molecule has 0 unspecified atom stereocenters. The van der Waals surface area contributed by atoms with Crippen molar-refractivity contribution in [2.45, 2.75) is 6.54 Å². The third kappa shape index (κ3) is 2.02. The molecule has 0 aliphatic heterocycles. The molecule has 2 aromatic heterocycles. The summed E-state index contributed by atoms with van der Waals surface area (Å²) in [6.07, 6.45) is 0. The number of carbonyl (C=O) groups is 1. The zero-order valence-electron chi connectivity index (χ0n) is 12.2. The molecule has 0 saturated heterocycles. The summed E-state index contributed by atoms with van der Waals surface area (Å²) in [4.78, 5) is 11.4. The van der Waals surface area contributed by atoms with E-state index in [1.54, 1.807) is 4.57 Å². The first-order valence-electron chi connectivity index (χ1n) is 7.12. The van der Waals surface area contributed by atoms with E-state index in [4.69, 9.17) is 11.5 Å². The van der Waals surface area contributed by atoms with Crippen molar-refractivity contribution in [1.29, 1.82) is 0 Å². The standard InChI is InChI=1S/C16H14N6O/c17-11-7-5-10(6-8-11)15-19-20-16-21(9-14(18)23)12-3-1-2-4-13(12)22(15)16/h1-8H,9,17H2,(H2,18,23). The van der Waals surface area contributed by atoms with Crippen LogP contribution in [0.1, 0.15) is 0 Å². The highest BCUT2D eigenvalue weighted by atomic mass is 16.1. The van der Waals surface area contributed by atoms with Crippen LogP contribution < -0.4 is 11.5 Å². The van der Waals surface area contributed by atoms with Crippen molar-refractivity contribution in [2.75, 3.05) is 5.73 Å². The van der Waals surface area contributed by atoms with Crippen molar-refractivity contribution in [3.8, 4) is 11.4 Å². The molecule has 23 heavy (non-hydrogen) atoms. The van der Waals surface area contributed by atoms with Gasteiger partial charge in [-0.15, -0.1) is 10.2 Å². The van der Waals surface area contributed by atoms with Gasteiger partial charge in [0.25, 0.3) is 0 Å². The normalized spacial score (nSPS) is 11.3. The van der Waals surface area contributed by atoms with Crippen LogP contribution in [0.15, 0.2) is 48.5 Å². The van der Waals surface area contributed by atoms with Crippen molar-refractivity contribution < 1.29 is 4.79 Å². The molecule has 0 fully saturated rings. The molecule has 0 saturated carbocycles. The van der Waals surface area contributed by atoms with Gasteiger partial charge >= 0.3 is 0 Å². The molecule has 4 aromatic rings. The number of imidazole rings is 1. The first kappa shape index (κ1) is 13.3. The van der Waals surface area contributed by atoms with Gasteiger partial charge in [0.15, 0.2) is 5.82 Å². The zero-order valence-corrected chi connectivity index (χ0v) is 12.2. The van der Waals surface area contributed by atoms with Gasteiger partial charge in [-0.05, 0) is 36.4 Å². The maximum Gasteiger partial charge on any atom is 0.237 e. The number of rotatable bonds is 3. The van der Waals surface area contributed by atoms with Gasteiger partial charge in [-0.2, -0.15) is 0 Å². The fraction of sp³-hybridized carbons (Fsp3) is 0.0625. The van der Waals surface area contributed by atoms with E-state index in [0.29, 0.717) is 17.3 Å². The number of carbonyl (C=O) groups excluding carboxylic acids is 1. The van der Waals surface area contributed by atoms with Crippen molar-refractivity contribution in [2.24, 2.45) is 5.73 Å². The number of nitrogens with two attached hydrogens (primary N) is 2. The predicted octanol–water partition coefficient (Wildman–Crippen LogP) is 1.42. The van der Waals surface area contributed by atoms with Crippen LogP contribution in [0, 0.1) is 0 Å². The van der Waals surface area contributed by atoms with E-state index in [0.717, 1.165) is 16.6 Å². The molecule has 0 aliphatic rings. The maximum atomic E-state index is 11.4. The summed E-state index contributed by atoms with van der Waals surface area (Å²) in [5.41, 5.74) is 14.5. The second kappa shape index (κ2) is 4.84. The number of para-hydroxylation sites is 2. The summed E-state index contributed by atoms with van der Waals surface area (Å²) in [5, 5.41) is 8.52. The average molecular weight is 306 g/mol. The Balaban J connectivity index is 2.05. The number of nitrogen functional groups attached to an aromatic ring is 1. The Morgan fingerprint density at radius 1 is 1.00 bits per heavy atom. The summed E-state index contributed by atoms with van der Waals surface area (Å²) < 4.78 is 3.69. The number of hydrogen-bond donors (Lipinski definition) is 2. The topological polar surface area (TPSA) is 104 Å². The molecular weight excluding hydrogens is 292 g/mol. The summed E-state index contributed by atoms with van der Waals surface area (Å²) in [7, 11) is 0. The average Bonchev–Trinajstić information content (AvgIpc) is 3.08. The lowest BCUT2D eigenvalue weighted by molar-refractivity contribution is -0.118. The number of hydrogen-bond acceptors (Lipinski definition) is 4. The van der Waals surface area contributed by atoms with Gasteiger partial charge in [-0.25, -0.2) is 0 Å². The fourth-order valence-corrected chi connectivity index (χ4v) is 2.79. The molecule has 2 aromatic carbocycles. The Morgan fingerprint density at radius 2 is 1.70 bits per heavy atom. The first-order chi connectivity index (χ1) is 11.1. The van der Waals surface area contributed by atoms with E-state index in [2.05, 4.69) is 10.2 Å². The minimum absolute atomic E-state index is 0.0525. The van der Waals surface area contributed by atoms with E-state index in [-0.39, 0.29) is 6.54 Å². The van der Waals surface area contributed by atoms with Crippen LogP contribution >= 0.6 is 0 Å². The van der Waals surface area contributed by atoms with Crippen molar-refractivity contribution in [3.63, 3.8) is 0 Å². The molecule has 0 aliphatic carbocycles. The van der Waals surface area contributed by atoms with Crippen molar-refractivity contribution in [1.82, 2.24) is 19.2 Å². The number of primary amides is 1. The van der Waals surface area contributed by atoms with Crippen LogP contribution in [-0.2, 0) is 11.3 Å². The Hall–Kier alpha value is -3.35. The van der Waals surface area contributed by atoms with E-state index in [1.165, 1.54) is 0 Å². The second-order valence-electron chi connectivity index (χ2n) is 5.32. The van der Waals surface area contributed by atoms with E-state index >= 15 is 0 Å². The highest BCUT2D eigenvalue weighted by Crippen LogP contribution is 2.26.